The van der Waals surface area contributed by atoms with Gasteiger partial charge in [0.15, 0.2) is 10.8 Å². The van der Waals surface area contributed by atoms with E-state index in [0.717, 1.165) is 62.8 Å². The molecule has 2 saturated carbocycles. The fraction of sp³-hybridized carbons (Fsp3) is 0.538. The van der Waals surface area contributed by atoms with Crippen molar-refractivity contribution < 1.29 is 29.1 Å². The third-order valence-corrected chi connectivity index (χ3v) is 9.75. The fourth-order valence-corrected chi connectivity index (χ4v) is 7.45. The molecule has 4 fully saturated rings. The summed E-state index contributed by atoms with van der Waals surface area (Å²) in [6.07, 6.45) is 8.73. The summed E-state index contributed by atoms with van der Waals surface area (Å²) in [6, 6.07) is -0.663. The number of likely N-dealkylation sites (tertiary alicyclic amines) is 1. The molecule has 5 aliphatic rings. The van der Waals surface area contributed by atoms with Crippen molar-refractivity contribution >= 4 is 57.6 Å². The van der Waals surface area contributed by atoms with Gasteiger partial charge in [0.25, 0.3) is 11.8 Å². The van der Waals surface area contributed by atoms with Crippen LogP contribution >= 0.6 is 23.1 Å². The number of carbonyl (C=O) groups excluding carboxylic acids is 3. The van der Waals surface area contributed by atoms with E-state index in [1.165, 1.54) is 16.7 Å². The number of nitrogens with zero attached hydrogens (tertiary/aromatic N) is 4. The molecule has 6 rings (SSSR count). The van der Waals surface area contributed by atoms with Crippen LogP contribution in [-0.2, 0) is 24.0 Å². The van der Waals surface area contributed by atoms with Gasteiger partial charge >= 0.3 is 5.97 Å². The largest absolute Gasteiger partial charge is 0.477 e. The van der Waals surface area contributed by atoms with Crippen LogP contribution in [0.3, 0.4) is 0 Å². The maximum atomic E-state index is 13.3. The number of nitrogen functional groups attached to an aromatic ring is 1. The lowest BCUT2D eigenvalue weighted by Crippen LogP contribution is -2.71. The van der Waals surface area contributed by atoms with Gasteiger partial charge < -0.3 is 25.9 Å². The number of carbonyl (C=O) groups is 4. The number of nitrogens with one attached hydrogen (secondary N) is 1. The highest BCUT2D eigenvalue weighted by atomic mass is 32.2. The van der Waals surface area contributed by atoms with Crippen LogP contribution in [0.2, 0.25) is 0 Å². The Labute approximate surface area is 238 Å². The number of nitrogens with two attached hydrogens (primary N) is 1. The predicted octanol–water partition coefficient (Wildman–Crippen LogP) is 1.84. The van der Waals surface area contributed by atoms with E-state index >= 15 is 0 Å². The number of aromatic nitrogens is 1. The molecular weight excluding hydrogens is 556 g/mol. The van der Waals surface area contributed by atoms with Crippen molar-refractivity contribution in [2.45, 2.75) is 74.9 Å². The van der Waals surface area contributed by atoms with Crippen molar-refractivity contribution in [2.24, 2.45) is 5.16 Å². The molecule has 0 radical (unpaired) electrons. The van der Waals surface area contributed by atoms with Gasteiger partial charge in [0.05, 0.1) is 0 Å². The van der Waals surface area contributed by atoms with Crippen molar-refractivity contribution in [1.82, 2.24) is 20.1 Å². The molecule has 2 atom stereocenters. The summed E-state index contributed by atoms with van der Waals surface area (Å²) in [5, 5.41) is 18.1. The number of amides is 3. The summed E-state index contributed by atoms with van der Waals surface area (Å²) in [6.45, 7) is 0.721. The lowest BCUT2D eigenvalue weighted by molar-refractivity contribution is -0.150. The smallest absolute Gasteiger partial charge is 0.352 e. The second kappa shape index (κ2) is 10.9. The van der Waals surface area contributed by atoms with E-state index < -0.39 is 29.2 Å². The average molecular weight is 587 g/mol. The Balaban J connectivity index is 1.20. The van der Waals surface area contributed by atoms with Gasteiger partial charge in [-0.05, 0) is 63.0 Å². The molecule has 4 N–H and O–H groups in total. The van der Waals surface area contributed by atoms with Crippen LogP contribution < -0.4 is 11.1 Å². The number of thioether (sulfide) groups is 1. The first kappa shape index (κ1) is 26.8. The number of oxime groups is 1. The van der Waals surface area contributed by atoms with Crippen LogP contribution in [0.4, 0.5) is 5.13 Å². The number of anilines is 1. The summed E-state index contributed by atoms with van der Waals surface area (Å²) in [5.41, 5.74) is 6.79. The molecule has 1 aromatic rings. The van der Waals surface area contributed by atoms with Gasteiger partial charge in [0.2, 0.25) is 5.91 Å². The monoisotopic (exact) mass is 586 g/mol. The topological polar surface area (TPSA) is 168 Å². The molecule has 212 valence electrons. The number of β-lactam (4-membered cyclic amide) rings is 1. The van der Waals surface area contributed by atoms with Gasteiger partial charge in [-0.15, -0.1) is 23.1 Å². The van der Waals surface area contributed by atoms with Crippen molar-refractivity contribution in [2.75, 3.05) is 18.0 Å². The van der Waals surface area contributed by atoms with E-state index in [1.807, 2.05) is 4.90 Å². The number of carboxylic acid groups (broad SMARTS) is 1. The normalized spacial score (nSPS) is 26.7. The van der Waals surface area contributed by atoms with E-state index in [2.05, 4.69) is 15.5 Å². The SMILES string of the molecule is Nc1nc(/C(=N/OC2CCCC2)C(=O)N[C@@H]2C(=O)N3C(C(=O)O)=C(/C=C4\CCCN(C5CC5)C4=O)CS[C@H]23)cs1. The molecule has 14 heteroatoms. The van der Waals surface area contributed by atoms with E-state index in [0.29, 0.717) is 17.6 Å². The van der Waals surface area contributed by atoms with Gasteiger partial charge in [-0.3, -0.25) is 19.3 Å². The van der Waals surface area contributed by atoms with Crippen LogP contribution in [0.1, 0.15) is 57.1 Å². The first-order valence-corrected chi connectivity index (χ1v) is 15.4. The molecule has 12 nitrogen and oxygen atoms in total. The maximum Gasteiger partial charge on any atom is 0.352 e. The van der Waals surface area contributed by atoms with Crippen LogP contribution in [0.15, 0.2) is 33.5 Å². The molecule has 3 amide bonds. The van der Waals surface area contributed by atoms with Crippen molar-refractivity contribution in [3.05, 3.63) is 34.0 Å². The molecule has 3 aliphatic heterocycles. The van der Waals surface area contributed by atoms with E-state index in [9.17, 15) is 24.3 Å². The van der Waals surface area contributed by atoms with Gasteiger partial charge in [-0.2, -0.15) is 0 Å². The second-order valence-electron chi connectivity index (χ2n) is 10.6. The van der Waals surface area contributed by atoms with Gasteiger partial charge in [-0.1, -0.05) is 5.16 Å². The van der Waals surface area contributed by atoms with Crippen molar-refractivity contribution in [1.29, 1.82) is 0 Å². The molecule has 0 bridgehead atoms. The zero-order chi connectivity index (χ0) is 28.0. The first-order valence-electron chi connectivity index (χ1n) is 13.5. The van der Waals surface area contributed by atoms with Crippen molar-refractivity contribution in [3.63, 3.8) is 0 Å². The quantitative estimate of drug-likeness (QED) is 0.178. The number of aliphatic carboxylic acids is 1. The molecule has 4 heterocycles. The number of rotatable bonds is 8. The van der Waals surface area contributed by atoms with Gasteiger partial charge in [-0.25, -0.2) is 9.78 Å². The standard InChI is InChI=1S/C26H30N6O6S2/c27-26-28-17(12-40-26)18(30-38-16-5-1-2-6-16)21(33)29-19-23(35)32-20(25(36)37)14(11-39-24(19)32)10-13-4-3-9-31(22(13)34)15-7-8-15/h10,12,15-16,19,24H,1-9,11H2,(H2,27,28)(H,29,33)(H,36,37)/b13-10+,30-18-/t19-,24-/m1/s1. The van der Waals surface area contributed by atoms with E-state index in [-0.39, 0.29) is 46.0 Å². The number of carboxylic acids is 1. The Bertz CT molecular complexity index is 1340. The number of hydrogen-bond acceptors (Lipinski definition) is 10. The molecular formula is C26H30N6O6S2. The lowest BCUT2D eigenvalue weighted by Gasteiger charge is -2.49. The molecule has 2 saturated heterocycles. The van der Waals surface area contributed by atoms with Gasteiger partial charge in [0, 0.05) is 29.3 Å². The average Bonchev–Trinajstić information content (AvgIpc) is 3.47. The van der Waals surface area contributed by atoms with E-state index in [1.54, 1.807) is 11.5 Å². The highest BCUT2D eigenvalue weighted by molar-refractivity contribution is 8.00. The lowest BCUT2D eigenvalue weighted by atomic mass is 9.98. The molecule has 40 heavy (non-hydrogen) atoms. The predicted molar refractivity (Wildman–Crippen MR) is 148 cm³/mol. The van der Waals surface area contributed by atoms with Crippen molar-refractivity contribution in [3.8, 4) is 0 Å². The van der Waals surface area contributed by atoms with Crippen LogP contribution in [0, 0.1) is 0 Å². The molecule has 2 aliphatic carbocycles. The molecule has 0 unspecified atom stereocenters. The minimum atomic E-state index is -1.25. The number of fused-ring (bicyclic) bond motifs is 1. The van der Waals surface area contributed by atoms with Crippen LogP contribution in [0.25, 0.3) is 0 Å². The summed E-state index contributed by atoms with van der Waals surface area (Å²) >= 11 is 2.50. The Hall–Kier alpha value is -3.39. The summed E-state index contributed by atoms with van der Waals surface area (Å²) in [7, 11) is 0. The zero-order valence-corrected chi connectivity index (χ0v) is 23.3. The molecule has 1 aromatic heterocycles. The Morgan fingerprint density at radius 1 is 1.20 bits per heavy atom. The van der Waals surface area contributed by atoms with Crippen LogP contribution in [0.5, 0.6) is 0 Å². The number of hydrogen-bond donors (Lipinski definition) is 3. The van der Waals surface area contributed by atoms with E-state index in [4.69, 9.17) is 10.6 Å². The zero-order valence-electron chi connectivity index (χ0n) is 21.7. The van der Waals surface area contributed by atoms with Gasteiger partial charge in [0.1, 0.15) is 28.9 Å². The molecule has 0 spiro atoms. The number of thiazole rings is 1. The third kappa shape index (κ3) is 5.09. The number of piperidine rings is 1. The second-order valence-corrected chi connectivity index (χ2v) is 12.6. The first-order chi connectivity index (χ1) is 19.3. The maximum absolute atomic E-state index is 13.3. The minimum absolute atomic E-state index is 0.0486. The Kier molecular flexibility index (Phi) is 7.29. The summed E-state index contributed by atoms with van der Waals surface area (Å²) < 4.78 is 0. The Morgan fingerprint density at radius 2 is 1.98 bits per heavy atom. The highest BCUT2D eigenvalue weighted by Gasteiger charge is 2.54. The van der Waals surface area contributed by atoms with Crippen LogP contribution in [-0.4, -0.2) is 85.2 Å². The highest BCUT2D eigenvalue weighted by Crippen LogP contribution is 2.41. The summed E-state index contributed by atoms with van der Waals surface area (Å²) in [5.74, 6) is -2.20. The third-order valence-electron chi connectivity index (χ3n) is 7.78. The summed E-state index contributed by atoms with van der Waals surface area (Å²) in [4.78, 5) is 64.7. The Morgan fingerprint density at radius 3 is 2.65 bits per heavy atom. The molecule has 0 aromatic carbocycles. The fourth-order valence-electron chi connectivity index (χ4n) is 5.60. The minimum Gasteiger partial charge on any atom is -0.477 e. The number of allylic oxidation sites excluding steroid dienone is 1.